The van der Waals surface area contributed by atoms with Crippen LogP contribution in [0.4, 0.5) is 0 Å². The second-order valence-corrected chi connectivity index (χ2v) is 4.55. The van der Waals surface area contributed by atoms with Crippen molar-refractivity contribution in [3.8, 4) is 0 Å². The highest BCUT2D eigenvalue weighted by Crippen LogP contribution is 2.03. The number of hydrogen-bond donors (Lipinski definition) is 2. The van der Waals surface area contributed by atoms with Gasteiger partial charge >= 0.3 is 0 Å². The first-order valence-electron chi connectivity index (χ1n) is 6.63. The summed E-state index contributed by atoms with van der Waals surface area (Å²) in [5, 5.41) is 5.98. The fourth-order valence-corrected chi connectivity index (χ4v) is 1.92. The van der Waals surface area contributed by atoms with Crippen LogP contribution in [0.2, 0.25) is 0 Å². The quantitative estimate of drug-likeness (QED) is 0.628. The van der Waals surface area contributed by atoms with E-state index in [1.807, 2.05) is 6.92 Å². The Morgan fingerprint density at radius 3 is 3.11 bits per heavy atom. The molecule has 5 nitrogen and oxygen atoms in total. The van der Waals surface area contributed by atoms with E-state index in [1.165, 1.54) is 0 Å². The molecule has 18 heavy (non-hydrogen) atoms. The Bertz CT molecular complexity index is 271. The van der Waals surface area contributed by atoms with Crippen LogP contribution in [0.25, 0.3) is 0 Å². The number of nitrogens with zero attached hydrogens (tertiary/aromatic N) is 1. The van der Waals surface area contributed by atoms with Gasteiger partial charge in [-0.3, -0.25) is 9.69 Å². The van der Waals surface area contributed by atoms with Crippen LogP contribution in [0.1, 0.15) is 13.8 Å². The average molecular weight is 255 g/mol. The summed E-state index contributed by atoms with van der Waals surface area (Å²) in [6.45, 7) is 12.6. The maximum atomic E-state index is 11.6. The van der Waals surface area contributed by atoms with Crippen LogP contribution < -0.4 is 10.6 Å². The minimum atomic E-state index is -0.203. The third-order valence-electron chi connectivity index (χ3n) is 3.14. The lowest BCUT2D eigenvalue weighted by Gasteiger charge is -2.32. The number of carbonyl (C=O) groups excluding carboxylic acids is 1. The molecule has 1 heterocycles. The van der Waals surface area contributed by atoms with Crippen molar-refractivity contribution in [3.63, 3.8) is 0 Å². The molecule has 1 fully saturated rings. The topological polar surface area (TPSA) is 53.6 Å². The molecule has 1 amide bonds. The molecule has 0 aromatic heterocycles. The van der Waals surface area contributed by atoms with Gasteiger partial charge in [0.1, 0.15) is 0 Å². The van der Waals surface area contributed by atoms with Crippen LogP contribution in [0.15, 0.2) is 12.7 Å². The second kappa shape index (κ2) is 8.24. The molecule has 1 aliphatic heterocycles. The van der Waals surface area contributed by atoms with Crippen molar-refractivity contribution in [2.75, 3.05) is 39.3 Å². The average Bonchev–Trinajstić information content (AvgIpc) is 2.42. The van der Waals surface area contributed by atoms with Crippen molar-refractivity contribution in [1.82, 2.24) is 15.5 Å². The van der Waals surface area contributed by atoms with Crippen LogP contribution >= 0.6 is 0 Å². The minimum absolute atomic E-state index is 0.00180. The summed E-state index contributed by atoms with van der Waals surface area (Å²) in [4.78, 5) is 14.0. The van der Waals surface area contributed by atoms with Gasteiger partial charge in [-0.2, -0.15) is 0 Å². The number of rotatable bonds is 7. The molecule has 104 valence electrons. The fourth-order valence-electron chi connectivity index (χ4n) is 1.92. The number of nitrogens with one attached hydrogen (secondary N) is 2. The number of amides is 1. The first kappa shape index (κ1) is 15.1. The zero-order chi connectivity index (χ0) is 13.4. The molecule has 0 aliphatic carbocycles. The monoisotopic (exact) mass is 255 g/mol. The highest BCUT2D eigenvalue weighted by Gasteiger charge is 2.20. The molecule has 1 aliphatic rings. The third kappa shape index (κ3) is 5.16. The molecule has 0 spiro atoms. The van der Waals surface area contributed by atoms with Gasteiger partial charge in [0, 0.05) is 26.2 Å². The predicted molar refractivity (Wildman–Crippen MR) is 72.5 cm³/mol. The molecule has 1 rings (SSSR count). The Balaban J connectivity index is 2.22. The van der Waals surface area contributed by atoms with E-state index in [9.17, 15) is 4.79 Å². The van der Waals surface area contributed by atoms with E-state index in [0.29, 0.717) is 13.1 Å². The molecule has 1 saturated heterocycles. The first-order valence-corrected chi connectivity index (χ1v) is 6.63. The number of likely N-dealkylation sites (N-methyl/N-ethyl adjacent to an activating group) is 1. The molecule has 2 atom stereocenters. The molecule has 0 aromatic carbocycles. The molecule has 0 radical (unpaired) electrons. The molecule has 0 saturated carbocycles. The minimum Gasteiger partial charge on any atom is -0.374 e. The smallest absolute Gasteiger partial charge is 0.237 e. The van der Waals surface area contributed by atoms with Crippen molar-refractivity contribution < 1.29 is 9.53 Å². The third-order valence-corrected chi connectivity index (χ3v) is 3.14. The SMILES string of the molecule is C=CCNC(=O)C(C)NCC1CN(CC)CCO1. The van der Waals surface area contributed by atoms with E-state index in [4.69, 9.17) is 4.74 Å². The van der Waals surface area contributed by atoms with Gasteiger partial charge in [0.2, 0.25) is 5.91 Å². The summed E-state index contributed by atoms with van der Waals surface area (Å²) in [7, 11) is 0. The van der Waals surface area contributed by atoms with Gasteiger partial charge < -0.3 is 15.4 Å². The molecule has 2 N–H and O–H groups in total. The highest BCUT2D eigenvalue weighted by atomic mass is 16.5. The second-order valence-electron chi connectivity index (χ2n) is 4.55. The van der Waals surface area contributed by atoms with Gasteiger partial charge in [-0.1, -0.05) is 13.0 Å². The summed E-state index contributed by atoms with van der Waals surface area (Å²) in [5.41, 5.74) is 0. The van der Waals surface area contributed by atoms with E-state index < -0.39 is 0 Å². The van der Waals surface area contributed by atoms with Gasteiger partial charge in [-0.15, -0.1) is 6.58 Å². The van der Waals surface area contributed by atoms with E-state index in [1.54, 1.807) is 6.08 Å². The zero-order valence-corrected chi connectivity index (χ0v) is 11.4. The lowest BCUT2D eigenvalue weighted by atomic mass is 10.2. The Hall–Kier alpha value is -0.910. The fraction of sp³-hybridized carbons (Fsp3) is 0.769. The maximum Gasteiger partial charge on any atom is 0.237 e. The molecule has 5 heteroatoms. The number of carbonyl (C=O) groups is 1. The molecular weight excluding hydrogens is 230 g/mol. The van der Waals surface area contributed by atoms with Crippen molar-refractivity contribution in [3.05, 3.63) is 12.7 Å². The van der Waals surface area contributed by atoms with Crippen LogP contribution in [-0.2, 0) is 9.53 Å². The lowest BCUT2D eigenvalue weighted by Crippen LogP contribution is -2.50. The summed E-state index contributed by atoms with van der Waals surface area (Å²) in [6, 6.07) is -0.203. The largest absolute Gasteiger partial charge is 0.374 e. The Morgan fingerprint density at radius 2 is 2.44 bits per heavy atom. The van der Waals surface area contributed by atoms with E-state index in [-0.39, 0.29) is 18.1 Å². The van der Waals surface area contributed by atoms with E-state index in [2.05, 4.69) is 29.0 Å². The van der Waals surface area contributed by atoms with Crippen molar-refractivity contribution in [2.45, 2.75) is 26.0 Å². The van der Waals surface area contributed by atoms with Gasteiger partial charge in [-0.25, -0.2) is 0 Å². The molecule has 2 unspecified atom stereocenters. The molecular formula is C13H25N3O2. The molecule has 0 aromatic rings. The first-order chi connectivity index (χ1) is 8.67. The van der Waals surface area contributed by atoms with Gasteiger partial charge in [0.25, 0.3) is 0 Å². The normalized spacial score (nSPS) is 22.4. The number of ether oxygens (including phenoxy) is 1. The van der Waals surface area contributed by atoms with E-state index in [0.717, 1.165) is 26.2 Å². The summed E-state index contributed by atoms with van der Waals surface area (Å²) < 4.78 is 5.67. The Kier molecular flexibility index (Phi) is 6.93. The Morgan fingerprint density at radius 1 is 1.67 bits per heavy atom. The van der Waals surface area contributed by atoms with Crippen molar-refractivity contribution >= 4 is 5.91 Å². The van der Waals surface area contributed by atoms with Crippen molar-refractivity contribution in [2.24, 2.45) is 0 Å². The maximum absolute atomic E-state index is 11.6. The van der Waals surface area contributed by atoms with E-state index >= 15 is 0 Å². The Labute approximate surface area is 110 Å². The summed E-state index contributed by atoms with van der Waals surface area (Å²) in [6.07, 6.45) is 1.85. The predicted octanol–water partition coefficient (Wildman–Crippen LogP) is -0.0126. The van der Waals surface area contributed by atoms with Crippen LogP contribution in [0.3, 0.4) is 0 Å². The van der Waals surface area contributed by atoms with Gasteiger partial charge in [-0.05, 0) is 13.5 Å². The lowest BCUT2D eigenvalue weighted by molar-refractivity contribution is -0.122. The van der Waals surface area contributed by atoms with Crippen molar-refractivity contribution in [1.29, 1.82) is 0 Å². The number of hydrogen-bond acceptors (Lipinski definition) is 4. The van der Waals surface area contributed by atoms with Gasteiger partial charge in [0.15, 0.2) is 0 Å². The number of morpholine rings is 1. The van der Waals surface area contributed by atoms with Crippen LogP contribution in [0.5, 0.6) is 0 Å². The standard InChI is InChI=1S/C13H25N3O2/c1-4-6-14-13(17)11(3)15-9-12-10-16(5-2)7-8-18-12/h4,11-12,15H,1,5-10H2,2-3H3,(H,14,17). The van der Waals surface area contributed by atoms with Crippen LogP contribution in [-0.4, -0.2) is 62.3 Å². The molecule has 0 bridgehead atoms. The highest BCUT2D eigenvalue weighted by molar-refractivity contribution is 5.81. The zero-order valence-electron chi connectivity index (χ0n) is 11.4. The summed E-state index contributed by atoms with van der Waals surface area (Å²) >= 11 is 0. The summed E-state index contributed by atoms with van der Waals surface area (Å²) in [5.74, 6) is -0.00180. The van der Waals surface area contributed by atoms with Crippen LogP contribution in [0, 0.1) is 0 Å². The van der Waals surface area contributed by atoms with Gasteiger partial charge in [0.05, 0.1) is 18.8 Å².